The van der Waals surface area contributed by atoms with Crippen LogP contribution in [-0.2, 0) is 10.2 Å². The molecule has 1 saturated carbocycles. The van der Waals surface area contributed by atoms with E-state index in [2.05, 4.69) is 24.4 Å². The number of rotatable bonds is 2. The third kappa shape index (κ3) is 1.78. The minimum absolute atomic E-state index is 0.260. The number of hydrogen-bond donors (Lipinski definition) is 1. The van der Waals surface area contributed by atoms with Gasteiger partial charge in [0.15, 0.2) is 0 Å². The summed E-state index contributed by atoms with van der Waals surface area (Å²) in [5.41, 5.74) is 2.87. The van der Waals surface area contributed by atoms with Crippen molar-refractivity contribution in [2.75, 3.05) is 20.2 Å². The highest BCUT2D eigenvalue weighted by molar-refractivity contribution is 6.31. The van der Waals surface area contributed by atoms with Gasteiger partial charge in [0.2, 0.25) is 0 Å². The van der Waals surface area contributed by atoms with Crippen molar-refractivity contribution in [1.29, 1.82) is 0 Å². The molecule has 1 N–H and O–H groups in total. The van der Waals surface area contributed by atoms with Crippen molar-refractivity contribution in [3.05, 3.63) is 34.3 Å². The molecule has 3 heteroatoms. The Morgan fingerprint density at radius 1 is 1.44 bits per heavy atom. The Morgan fingerprint density at radius 2 is 2.28 bits per heavy atom. The molecule has 1 saturated heterocycles. The van der Waals surface area contributed by atoms with E-state index < -0.39 is 0 Å². The van der Waals surface area contributed by atoms with Crippen LogP contribution in [0.3, 0.4) is 0 Å². The van der Waals surface area contributed by atoms with E-state index in [1.54, 1.807) is 0 Å². The number of ether oxygens (including phenoxy) is 1. The second-order valence-electron chi connectivity index (χ2n) is 5.75. The van der Waals surface area contributed by atoms with E-state index in [4.69, 9.17) is 16.3 Å². The molecule has 0 spiro atoms. The molecule has 2 fully saturated rings. The third-order valence-corrected chi connectivity index (χ3v) is 5.24. The molecule has 0 aromatic heterocycles. The Kier molecular flexibility index (Phi) is 3.13. The van der Waals surface area contributed by atoms with Crippen LogP contribution in [0.2, 0.25) is 5.02 Å². The van der Waals surface area contributed by atoms with Gasteiger partial charge < -0.3 is 10.1 Å². The molecule has 98 valence electrons. The first kappa shape index (κ1) is 12.5. The molecule has 18 heavy (non-hydrogen) atoms. The van der Waals surface area contributed by atoms with E-state index in [1.165, 1.54) is 17.5 Å². The van der Waals surface area contributed by atoms with E-state index in [-0.39, 0.29) is 5.41 Å². The van der Waals surface area contributed by atoms with Gasteiger partial charge in [0.25, 0.3) is 0 Å². The molecule has 3 atom stereocenters. The van der Waals surface area contributed by atoms with Crippen molar-refractivity contribution in [2.24, 2.45) is 5.92 Å². The number of hydrogen-bond acceptors (Lipinski definition) is 2. The second kappa shape index (κ2) is 4.52. The molecule has 0 radical (unpaired) electrons. The molecule has 0 amide bonds. The lowest BCUT2D eigenvalue weighted by atomic mass is 9.74. The Hall–Kier alpha value is -0.570. The van der Waals surface area contributed by atoms with Gasteiger partial charge in [-0.2, -0.15) is 0 Å². The molecule has 2 nitrogen and oxygen atoms in total. The van der Waals surface area contributed by atoms with Gasteiger partial charge in [0.05, 0.1) is 6.10 Å². The van der Waals surface area contributed by atoms with Gasteiger partial charge in [0.1, 0.15) is 0 Å². The van der Waals surface area contributed by atoms with Crippen molar-refractivity contribution < 1.29 is 4.74 Å². The maximum Gasteiger partial charge on any atom is 0.0583 e. The summed E-state index contributed by atoms with van der Waals surface area (Å²) in [6, 6.07) is 6.50. The van der Waals surface area contributed by atoms with Crippen LogP contribution in [0.25, 0.3) is 0 Å². The molecule has 0 bridgehead atoms. The van der Waals surface area contributed by atoms with Crippen LogP contribution < -0.4 is 5.32 Å². The van der Waals surface area contributed by atoms with Crippen LogP contribution in [0.4, 0.5) is 0 Å². The van der Waals surface area contributed by atoms with Crippen molar-refractivity contribution >= 4 is 11.6 Å². The first-order valence-electron chi connectivity index (χ1n) is 6.66. The van der Waals surface area contributed by atoms with Crippen molar-refractivity contribution in [2.45, 2.75) is 31.3 Å². The summed E-state index contributed by atoms with van der Waals surface area (Å²) >= 11 is 6.14. The second-order valence-corrected chi connectivity index (χ2v) is 6.15. The molecule has 1 aromatic rings. The molecule has 2 aliphatic rings. The molecule has 3 rings (SSSR count). The summed E-state index contributed by atoms with van der Waals surface area (Å²) < 4.78 is 5.59. The van der Waals surface area contributed by atoms with E-state index in [1.807, 2.05) is 13.2 Å². The average Bonchev–Trinajstić information content (AvgIpc) is 2.89. The minimum atomic E-state index is 0.260. The standard InChI is InChI=1S/C15H20ClNO/c1-10-5-11(3-4-14(10)16)15-7-13(18-2)6-12(15)8-17-9-15/h3-5,12-13,17H,6-9H2,1-2H3/t12-,13?,15+/m1/s1. The molecular weight excluding hydrogens is 246 g/mol. The number of methoxy groups -OCH3 is 1. The molecular formula is C15H20ClNO. The van der Waals surface area contributed by atoms with Gasteiger partial charge in [-0.3, -0.25) is 0 Å². The number of fused-ring (bicyclic) bond motifs is 1. The smallest absolute Gasteiger partial charge is 0.0583 e. The van der Waals surface area contributed by atoms with Crippen LogP contribution in [0.5, 0.6) is 0 Å². The van der Waals surface area contributed by atoms with E-state index in [0.717, 1.165) is 24.5 Å². The summed E-state index contributed by atoms with van der Waals surface area (Å²) in [6.45, 7) is 4.27. The summed E-state index contributed by atoms with van der Waals surface area (Å²) in [7, 11) is 1.83. The number of benzene rings is 1. The van der Waals surface area contributed by atoms with E-state index in [9.17, 15) is 0 Å². The van der Waals surface area contributed by atoms with Crippen molar-refractivity contribution in [1.82, 2.24) is 5.32 Å². The van der Waals surface area contributed by atoms with Crippen LogP contribution >= 0.6 is 11.6 Å². The lowest BCUT2D eigenvalue weighted by Gasteiger charge is -2.29. The predicted molar refractivity (Wildman–Crippen MR) is 74.3 cm³/mol. The van der Waals surface area contributed by atoms with Crippen LogP contribution in [-0.4, -0.2) is 26.3 Å². The molecule has 1 heterocycles. The van der Waals surface area contributed by atoms with E-state index >= 15 is 0 Å². The van der Waals surface area contributed by atoms with Gasteiger partial charge in [-0.1, -0.05) is 23.7 Å². The maximum atomic E-state index is 6.14. The zero-order chi connectivity index (χ0) is 12.8. The van der Waals surface area contributed by atoms with Gasteiger partial charge >= 0.3 is 0 Å². The number of nitrogens with one attached hydrogen (secondary N) is 1. The summed E-state index contributed by atoms with van der Waals surface area (Å²) in [5, 5.41) is 4.41. The Bertz CT molecular complexity index is 462. The number of halogens is 1. The quantitative estimate of drug-likeness (QED) is 0.888. The molecule has 1 aliphatic heterocycles. The zero-order valence-corrected chi connectivity index (χ0v) is 11.8. The van der Waals surface area contributed by atoms with Crippen molar-refractivity contribution in [3.8, 4) is 0 Å². The fourth-order valence-corrected chi connectivity index (χ4v) is 3.87. The first-order chi connectivity index (χ1) is 8.65. The van der Waals surface area contributed by atoms with Gasteiger partial charge in [-0.25, -0.2) is 0 Å². The highest BCUT2D eigenvalue weighted by atomic mass is 35.5. The number of aryl methyl sites for hydroxylation is 1. The van der Waals surface area contributed by atoms with Gasteiger partial charge in [-0.05, 0) is 49.4 Å². The monoisotopic (exact) mass is 265 g/mol. The highest BCUT2D eigenvalue weighted by Crippen LogP contribution is 2.49. The molecule has 1 unspecified atom stereocenters. The Balaban J connectivity index is 1.99. The Labute approximate surface area is 114 Å². The van der Waals surface area contributed by atoms with Gasteiger partial charge in [0, 0.05) is 24.1 Å². The third-order valence-electron chi connectivity index (χ3n) is 4.82. The lowest BCUT2D eigenvalue weighted by Crippen LogP contribution is -2.31. The first-order valence-corrected chi connectivity index (χ1v) is 7.03. The van der Waals surface area contributed by atoms with Gasteiger partial charge in [-0.15, -0.1) is 0 Å². The minimum Gasteiger partial charge on any atom is -0.381 e. The molecule has 1 aliphatic carbocycles. The fraction of sp³-hybridized carbons (Fsp3) is 0.600. The lowest BCUT2D eigenvalue weighted by molar-refractivity contribution is 0.100. The normalized spacial score (nSPS) is 34.8. The van der Waals surface area contributed by atoms with Crippen LogP contribution in [0.15, 0.2) is 18.2 Å². The predicted octanol–water partition coefficient (Wildman–Crippen LogP) is 2.91. The fourth-order valence-electron chi connectivity index (χ4n) is 3.75. The summed E-state index contributed by atoms with van der Waals surface area (Å²) in [5.74, 6) is 0.697. The van der Waals surface area contributed by atoms with Crippen molar-refractivity contribution in [3.63, 3.8) is 0 Å². The summed E-state index contributed by atoms with van der Waals surface area (Å²) in [6.07, 6.45) is 2.71. The van der Waals surface area contributed by atoms with Crippen LogP contribution in [0, 0.1) is 12.8 Å². The maximum absolute atomic E-state index is 6.14. The average molecular weight is 266 g/mol. The van der Waals surface area contributed by atoms with E-state index in [0.29, 0.717) is 12.0 Å². The largest absolute Gasteiger partial charge is 0.381 e. The molecule has 1 aromatic carbocycles. The zero-order valence-electron chi connectivity index (χ0n) is 11.0. The summed E-state index contributed by atoms with van der Waals surface area (Å²) in [4.78, 5) is 0. The Morgan fingerprint density at radius 3 is 3.00 bits per heavy atom. The SMILES string of the molecule is COC1C[C@@H]2CNC[C@]2(c2ccc(Cl)c(C)c2)C1. The topological polar surface area (TPSA) is 21.3 Å². The van der Waals surface area contributed by atoms with Crippen LogP contribution in [0.1, 0.15) is 24.0 Å². The highest BCUT2D eigenvalue weighted by Gasteiger charge is 2.51.